The maximum atomic E-state index is 12.3. The lowest BCUT2D eigenvalue weighted by molar-refractivity contribution is -0.147. The molecule has 1 amide bonds. The summed E-state index contributed by atoms with van der Waals surface area (Å²) in [5.74, 6) is -0.425. The molecule has 1 aromatic carbocycles. The molecule has 6 heteroatoms. The number of benzene rings is 1. The van der Waals surface area contributed by atoms with Gasteiger partial charge < -0.3 is 19.9 Å². The number of allylic oxidation sites excluding steroid dienone is 2. The van der Waals surface area contributed by atoms with Crippen molar-refractivity contribution in [2.45, 2.75) is 58.8 Å². The van der Waals surface area contributed by atoms with Gasteiger partial charge in [0.1, 0.15) is 18.2 Å². The minimum Gasteiger partial charge on any atom is -0.513 e. The zero-order valence-electron chi connectivity index (χ0n) is 15.2. The van der Waals surface area contributed by atoms with E-state index in [-0.39, 0.29) is 25.2 Å². The molecule has 138 valence electrons. The van der Waals surface area contributed by atoms with Crippen LogP contribution in [0.4, 0.5) is 4.79 Å². The van der Waals surface area contributed by atoms with E-state index in [1.807, 2.05) is 30.3 Å². The zero-order valence-corrected chi connectivity index (χ0v) is 15.2. The fraction of sp³-hybridized carbons (Fsp3) is 0.474. The van der Waals surface area contributed by atoms with Gasteiger partial charge in [-0.15, -0.1) is 0 Å². The lowest BCUT2D eigenvalue weighted by Crippen LogP contribution is -2.44. The first-order chi connectivity index (χ1) is 11.7. The van der Waals surface area contributed by atoms with Crippen LogP contribution in [0.3, 0.4) is 0 Å². The average molecular weight is 349 g/mol. The Kier molecular flexibility index (Phi) is 7.98. The molecule has 0 aliphatic carbocycles. The highest BCUT2D eigenvalue weighted by atomic mass is 16.6. The van der Waals surface area contributed by atoms with E-state index in [0.29, 0.717) is 0 Å². The highest BCUT2D eigenvalue weighted by Gasteiger charge is 2.25. The number of carbonyl (C=O) groups is 2. The Bertz CT molecular complexity index is 590. The smallest absolute Gasteiger partial charge is 0.408 e. The Hall–Kier alpha value is -2.50. The van der Waals surface area contributed by atoms with Crippen molar-refractivity contribution >= 4 is 12.1 Å². The van der Waals surface area contributed by atoms with Gasteiger partial charge in [-0.25, -0.2) is 9.59 Å². The molecular weight excluding hydrogens is 322 g/mol. The number of ether oxygens (including phenoxy) is 2. The van der Waals surface area contributed by atoms with Crippen molar-refractivity contribution in [2.75, 3.05) is 0 Å². The largest absolute Gasteiger partial charge is 0.513 e. The molecule has 1 atom stereocenters. The van der Waals surface area contributed by atoms with E-state index in [1.165, 1.54) is 0 Å². The first kappa shape index (κ1) is 20.5. The van der Waals surface area contributed by atoms with Gasteiger partial charge in [-0.1, -0.05) is 30.3 Å². The van der Waals surface area contributed by atoms with E-state index < -0.39 is 23.7 Å². The number of carbonyl (C=O) groups excluding carboxylic acids is 2. The number of nitrogens with one attached hydrogen (secondary N) is 1. The summed E-state index contributed by atoms with van der Waals surface area (Å²) in [5.41, 5.74) is 0.178. The third kappa shape index (κ3) is 8.79. The van der Waals surface area contributed by atoms with Gasteiger partial charge in [0, 0.05) is 6.42 Å². The quantitative estimate of drug-likeness (QED) is 0.577. The summed E-state index contributed by atoms with van der Waals surface area (Å²) in [5, 5.41) is 12.1. The Labute approximate surface area is 148 Å². The third-order valence-electron chi connectivity index (χ3n) is 3.22. The van der Waals surface area contributed by atoms with Crippen LogP contribution in [0.15, 0.2) is 42.2 Å². The van der Waals surface area contributed by atoms with Crippen molar-refractivity contribution in [3.8, 4) is 0 Å². The number of alkyl carbamates (subject to hydrolysis) is 1. The van der Waals surface area contributed by atoms with Gasteiger partial charge in [0.2, 0.25) is 0 Å². The molecular formula is C19H27NO5. The Morgan fingerprint density at radius 3 is 2.44 bits per heavy atom. The van der Waals surface area contributed by atoms with E-state index in [0.717, 1.165) is 5.56 Å². The van der Waals surface area contributed by atoms with Crippen LogP contribution >= 0.6 is 0 Å². The lowest BCUT2D eigenvalue weighted by Gasteiger charge is -2.23. The molecule has 0 aromatic heterocycles. The second-order valence-corrected chi connectivity index (χ2v) is 6.61. The van der Waals surface area contributed by atoms with Crippen molar-refractivity contribution in [1.29, 1.82) is 0 Å². The number of amides is 1. The molecule has 6 nitrogen and oxygen atoms in total. The van der Waals surface area contributed by atoms with Gasteiger partial charge >= 0.3 is 12.1 Å². The molecule has 0 heterocycles. The van der Waals surface area contributed by atoms with E-state index >= 15 is 0 Å². The summed E-state index contributed by atoms with van der Waals surface area (Å²) < 4.78 is 10.5. The predicted molar refractivity (Wildman–Crippen MR) is 95.0 cm³/mol. The van der Waals surface area contributed by atoms with Crippen LogP contribution < -0.4 is 5.32 Å². The maximum absolute atomic E-state index is 12.3. The van der Waals surface area contributed by atoms with Crippen LogP contribution in [-0.4, -0.2) is 28.8 Å². The predicted octanol–water partition coefficient (Wildman–Crippen LogP) is 3.87. The molecule has 0 saturated heterocycles. The third-order valence-corrected chi connectivity index (χ3v) is 3.22. The molecule has 0 spiro atoms. The minimum atomic E-state index is -0.902. The summed E-state index contributed by atoms with van der Waals surface area (Å²) in [6.45, 7) is 7.02. The molecule has 0 aliphatic rings. The first-order valence-electron chi connectivity index (χ1n) is 8.25. The van der Waals surface area contributed by atoms with E-state index in [4.69, 9.17) is 9.47 Å². The fourth-order valence-electron chi connectivity index (χ4n) is 1.96. The van der Waals surface area contributed by atoms with Gasteiger partial charge in [-0.3, -0.25) is 0 Å². The molecule has 0 bridgehead atoms. The Balaban J connectivity index is 2.67. The second-order valence-electron chi connectivity index (χ2n) is 6.61. The maximum Gasteiger partial charge on any atom is 0.408 e. The molecule has 1 rings (SSSR count). The molecule has 0 unspecified atom stereocenters. The number of rotatable bonds is 7. The van der Waals surface area contributed by atoms with Crippen molar-refractivity contribution < 1.29 is 24.2 Å². The van der Waals surface area contributed by atoms with Crippen molar-refractivity contribution in [2.24, 2.45) is 0 Å². The van der Waals surface area contributed by atoms with Crippen molar-refractivity contribution in [1.82, 2.24) is 5.32 Å². The SMILES string of the molecule is C/C=C(\O)CC[C@H](NC(=O)OC(C)(C)C)C(=O)OCc1ccccc1. The average Bonchev–Trinajstić information content (AvgIpc) is 2.55. The van der Waals surface area contributed by atoms with Gasteiger partial charge in [0.25, 0.3) is 0 Å². The lowest BCUT2D eigenvalue weighted by atomic mass is 10.1. The molecule has 25 heavy (non-hydrogen) atoms. The van der Waals surface area contributed by atoms with E-state index in [2.05, 4.69) is 5.32 Å². The standard InChI is InChI=1S/C19H27NO5/c1-5-15(21)11-12-16(20-18(23)25-19(2,3)4)17(22)24-13-14-9-7-6-8-10-14/h5-10,16,21H,11-13H2,1-4H3,(H,20,23)/b15-5-/t16-/m0/s1. The molecule has 0 saturated carbocycles. The number of hydrogen-bond donors (Lipinski definition) is 2. The van der Waals surface area contributed by atoms with Crippen molar-refractivity contribution in [3.05, 3.63) is 47.7 Å². The van der Waals surface area contributed by atoms with E-state index in [1.54, 1.807) is 33.8 Å². The van der Waals surface area contributed by atoms with E-state index in [9.17, 15) is 14.7 Å². The van der Waals surface area contributed by atoms with Crippen LogP contribution in [0.2, 0.25) is 0 Å². The van der Waals surface area contributed by atoms with Gasteiger partial charge in [0.05, 0.1) is 5.76 Å². The molecule has 1 aromatic rings. The fourth-order valence-corrected chi connectivity index (χ4v) is 1.96. The van der Waals surface area contributed by atoms with Crippen LogP contribution in [0.1, 0.15) is 46.1 Å². The van der Waals surface area contributed by atoms with Crippen LogP contribution in [0.25, 0.3) is 0 Å². The summed E-state index contributed by atoms with van der Waals surface area (Å²) in [6.07, 6.45) is 1.30. The monoisotopic (exact) mass is 349 g/mol. The number of hydrogen-bond acceptors (Lipinski definition) is 5. The highest BCUT2D eigenvalue weighted by molar-refractivity contribution is 5.81. The number of aliphatic hydroxyl groups excluding tert-OH is 1. The molecule has 0 fully saturated rings. The summed E-state index contributed by atoms with van der Waals surface area (Å²) in [7, 11) is 0. The van der Waals surface area contributed by atoms with Crippen LogP contribution in [-0.2, 0) is 20.9 Å². The van der Waals surface area contributed by atoms with Gasteiger partial charge in [-0.05, 0) is 45.8 Å². The van der Waals surface area contributed by atoms with Gasteiger partial charge in [-0.2, -0.15) is 0 Å². The summed E-state index contributed by atoms with van der Waals surface area (Å²) in [4.78, 5) is 24.3. The minimum absolute atomic E-state index is 0.113. The molecule has 0 aliphatic heterocycles. The molecule has 2 N–H and O–H groups in total. The Morgan fingerprint density at radius 2 is 1.88 bits per heavy atom. The first-order valence-corrected chi connectivity index (χ1v) is 8.25. The second kappa shape index (κ2) is 9.71. The van der Waals surface area contributed by atoms with Crippen molar-refractivity contribution in [3.63, 3.8) is 0 Å². The summed E-state index contributed by atoms with van der Waals surface area (Å²) in [6, 6.07) is 8.36. The Morgan fingerprint density at radius 1 is 1.24 bits per heavy atom. The van der Waals surface area contributed by atoms with Crippen LogP contribution in [0, 0.1) is 0 Å². The normalized spacial score (nSPS) is 13.0. The van der Waals surface area contributed by atoms with Crippen LogP contribution in [0.5, 0.6) is 0 Å². The number of esters is 1. The molecule has 0 radical (unpaired) electrons. The highest BCUT2D eigenvalue weighted by Crippen LogP contribution is 2.11. The number of aliphatic hydroxyl groups is 1. The zero-order chi connectivity index (χ0) is 18.9. The van der Waals surface area contributed by atoms with Gasteiger partial charge in [0.15, 0.2) is 0 Å². The summed E-state index contributed by atoms with van der Waals surface area (Å²) >= 11 is 0. The topological polar surface area (TPSA) is 84.9 Å².